The number of H-pyrrole nitrogens is 1. The highest BCUT2D eigenvalue weighted by molar-refractivity contribution is 5.73. The summed E-state index contributed by atoms with van der Waals surface area (Å²) in [4.78, 5) is 12.8. The number of para-hydroxylation sites is 1. The molecule has 5 rings (SSSR count). The number of aromatic amines is 1. The lowest BCUT2D eigenvalue weighted by Crippen LogP contribution is -2.53. The molecule has 3 aromatic rings. The van der Waals surface area contributed by atoms with E-state index in [0.29, 0.717) is 17.8 Å². The molecule has 0 spiro atoms. The van der Waals surface area contributed by atoms with E-state index in [1.807, 2.05) is 53.6 Å². The van der Waals surface area contributed by atoms with Gasteiger partial charge in [0.05, 0.1) is 0 Å². The van der Waals surface area contributed by atoms with Gasteiger partial charge in [0, 0.05) is 23.6 Å². The normalized spacial score (nSPS) is 16.5. The lowest BCUT2D eigenvalue weighted by molar-refractivity contribution is 0.347. The second-order valence-corrected chi connectivity index (χ2v) is 9.00. The Morgan fingerprint density at radius 1 is 0.882 bits per heavy atom. The molecule has 2 aliphatic rings. The van der Waals surface area contributed by atoms with Gasteiger partial charge in [-0.25, -0.2) is 10.4 Å². The molecular weight excluding hydrogens is 424 g/mol. The number of pyridine rings is 1. The first-order valence-electron chi connectivity index (χ1n) is 12.5. The minimum atomic E-state index is 0.424. The van der Waals surface area contributed by atoms with Gasteiger partial charge in [0.2, 0.25) is 5.95 Å². The fourth-order valence-electron chi connectivity index (χ4n) is 4.52. The first-order chi connectivity index (χ1) is 16.8. The van der Waals surface area contributed by atoms with Gasteiger partial charge < -0.3 is 15.6 Å². The first kappa shape index (κ1) is 22.3. The zero-order chi connectivity index (χ0) is 23.0. The van der Waals surface area contributed by atoms with Gasteiger partial charge in [0.25, 0.3) is 0 Å². The van der Waals surface area contributed by atoms with Crippen LogP contribution in [0.2, 0.25) is 0 Å². The Labute approximate surface area is 201 Å². The third-order valence-electron chi connectivity index (χ3n) is 6.32. The van der Waals surface area contributed by atoms with Gasteiger partial charge in [-0.1, -0.05) is 49.6 Å². The van der Waals surface area contributed by atoms with Crippen molar-refractivity contribution in [3.8, 4) is 0 Å². The molecular formula is C26H34N8. The van der Waals surface area contributed by atoms with Crippen molar-refractivity contribution in [2.75, 3.05) is 15.8 Å². The number of aromatic nitrogens is 3. The van der Waals surface area contributed by atoms with E-state index in [0.717, 1.165) is 30.2 Å². The summed E-state index contributed by atoms with van der Waals surface area (Å²) in [5, 5.41) is 8.81. The van der Waals surface area contributed by atoms with Crippen LogP contribution in [0.15, 0.2) is 66.5 Å². The Hall–Kier alpha value is -3.52. The van der Waals surface area contributed by atoms with Crippen molar-refractivity contribution in [1.82, 2.24) is 25.8 Å². The maximum absolute atomic E-state index is 4.94. The zero-order valence-electron chi connectivity index (χ0n) is 19.6. The molecule has 2 aromatic heterocycles. The monoisotopic (exact) mass is 458 g/mol. The van der Waals surface area contributed by atoms with Crippen LogP contribution in [0.4, 0.5) is 29.1 Å². The Morgan fingerprint density at radius 2 is 1.74 bits per heavy atom. The number of imidazole rings is 1. The summed E-state index contributed by atoms with van der Waals surface area (Å²) < 4.78 is 0. The molecule has 0 aliphatic heterocycles. The van der Waals surface area contributed by atoms with Crippen LogP contribution in [0.3, 0.4) is 0 Å². The predicted molar refractivity (Wildman–Crippen MR) is 138 cm³/mol. The second kappa shape index (κ2) is 11.1. The minimum Gasteiger partial charge on any atom is -0.339 e. The molecule has 34 heavy (non-hydrogen) atoms. The van der Waals surface area contributed by atoms with E-state index in [2.05, 4.69) is 37.5 Å². The molecule has 1 fully saturated rings. The van der Waals surface area contributed by atoms with Crippen LogP contribution in [0.1, 0.15) is 57.8 Å². The van der Waals surface area contributed by atoms with E-state index in [1.54, 1.807) is 6.20 Å². The van der Waals surface area contributed by atoms with Crippen LogP contribution < -0.4 is 26.6 Å². The average molecular weight is 459 g/mol. The molecule has 2 aliphatic carbocycles. The highest BCUT2D eigenvalue weighted by Crippen LogP contribution is 2.29. The van der Waals surface area contributed by atoms with Gasteiger partial charge in [0.1, 0.15) is 5.82 Å². The molecule has 0 unspecified atom stereocenters. The van der Waals surface area contributed by atoms with Crippen LogP contribution in [0, 0.1) is 0 Å². The van der Waals surface area contributed by atoms with Gasteiger partial charge in [-0.3, -0.25) is 5.43 Å². The molecule has 178 valence electrons. The number of benzene rings is 1. The quantitative estimate of drug-likeness (QED) is 0.255. The molecule has 0 bridgehead atoms. The van der Waals surface area contributed by atoms with E-state index < -0.39 is 0 Å². The summed E-state index contributed by atoms with van der Waals surface area (Å²) in [5.41, 5.74) is 9.53. The summed E-state index contributed by atoms with van der Waals surface area (Å²) in [6.45, 7) is 0. The highest BCUT2D eigenvalue weighted by atomic mass is 15.8. The molecule has 8 nitrogen and oxygen atoms in total. The van der Waals surface area contributed by atoms with Crippen LogP contribution in [0.5, 0.6) is 0 Å². The number of hydrogen-bond donors (Lipinski definition) is 5. The van der Waals surface area contributed by atoms with E-state index in [9.17, 15) is 0 Å². The second-order valence-electron chi connectivity index (χ2n) is 9.00. The molecule has 0 atom stereocenters. The number of hydrogen-bond acceptors (Lipinski definition) is 7. The summed E-state index contributed by atoms with van der Waals surface area (Å²) in [5.74, 6) is 2.91. The topological polar surface area (TPSA) is 92.9 Å². The van der Waals surface area contributed by atoms with E-state index >= 15 is 0 Å². The summed E-state index contributed by atoms with van der Waals surface area (Å²) in [6.07, 6.45) is 14.9. The SMILES string of the molecule is C1=C(NN(NC2CCCCC2)c2nc(Nc3ccccn3)c(Nc3ccccc3)[nH]2)CCCC1. The zero-order valence-corrected chi connectivity index (χ0v) is 19.6. The third kappa shape index (κ3) is 5.88. The molecule has 8 heteroatoms. The van der Waals surface area contributed by atoms with E-state index in [1.165, 1.54) is 50.6 Å². The molecule has 5 N–H and O–H groups in total. The van der Waals surface area contributed by atoms with Crippen molar-refractivity contribution in [2.24, 2.45) is 0 Å². The summed E-state index contributed by atoms with van der Waals surface area (Å²) in [7, 11) is 0. The Kier molecular flexibility index (Phi) is 7.25. The standard InChI is InChI=1S/C26H34N8/c1-4-12-20(13-5-1)28-24-25(29-23-18-10-11-19-27-23)31-26(30-24)34(32-21-14-6-2-7-15-21)33-22-16-8-3-9-17-22/h1,4-5,10-14,18-19,22,28,32-33H,2-3,6-9,15-17H2,(H,27,29)(H,30,31). The van der Waals surface area contributed by atoms with Gasteiger partial charge in [-0.15, -0.1) is 0 Å². The maximum atomic E-state index is 4.94. The van der Waals surface area contributed by atoms with Crippen molar-refractivity contribution >= 4 is 29.1 Å². The molecule has 0 saturated heterocycles. The number of nitrogens with one attached hydrogen (secondary N) is 5. The van der Waals surface area contributed by atoms with Crippen LogP contribution in [0.25, 0.3) is 0 Å². The number of anilines is 5. The number of allylic oxidation sites excluding steroid dienone is 2. The smallest absolute Gasteiger partial charge is 0.241 e. The Bertz CT molecular complexity index is 998. The Morgan fingerprint density at radius 3 is 2.50 bits per heavy atom. The third-order valence-corrected chi connectivity index (χ3v) is 6.32. The largest absolute Gasteiger partial charge is 0.339 e. The number of hydrazine groups is 2. The first-order valence-corrected chi connectivity index (χ1v) is 12.5. The van der Waals surface area contributed by atoms with Crippen LogP contribution in [-0.2, 0) is 0 Å². The van der Waals surface area contributed by atoms with Gasteiger partial charge in [-0.2, -0.15) is 10.1 Å². The number of nitrogens with zero attached hydrogens (tertiary/aromatic N) is 3. The minimum absolute atomic E-state index is 0.424. The predicted octanol–water partition coefficient (Wildman–Crippen LogP) is 5.90. The van der Waals surface area contributed by atoms with Gasteiger partial charge in [0.15, 0.2) is 11.6 Å². The van der Waals surface area contributed by atoms with Gasteiger partial charge >= 0.3 is 0 Å². The molecule has 0 radical (unpaired) electrons. The van der Waals surface area contributed by atoms with Crippen molar-refractivity contribution in [3.05, 3.63) is 66.5 Å². The number of rotatable bonds is 9. The van der Waals surface area contributed by atoms with Crippen molar-refractivity contribution < 1.29 is 0 Å². The van der Waals surface area contributed by atoms with Crippen LogP contribution >= 0.6 is 0 Å². The highest BCUT2D eigenvalue weighted by Gasteiger charge is 2.22. The molecule has 1 saturated carbocycles. The lowest BCUT2D eigenvalue weighted by Gasteiger charge is -2.32. The van der Waals surface area contributed by atoms with Crippen molar-refractivity contribution in [1.29, 1.82) is 0 Å². The van der Waals surface area contributed by atoms with Crippen molar-refractivity contribution in [3.63, 3.8) is 0 Å². The van der Waals surface area contributed by atoms with E-state index in [4.69, 9.17) is 4.98 Å². The summed E-state index contributed by atoms with van der Waals surface area (Å²) in [6, 6.07) is 16.3. The van der Waals surface area contributed by atoms with Crippen molar-refractivity contribution in [2.45, 2.75) is 63.8 Å². The lowest BCUT2D eigenvalue weighted by atomic mass is 9.96. The molecule has 1 aromatic carbocycles. The van der Waals surface area contributed by atoms with Crippen LogP contribution in [-0.4, -0.2) is 21.0 Å². The maximum Gasteiger partial charge on any atom is 0.241 e. The Balaban J connectivity index is 1.44. The molecule has 0 amide bonds. The van der Waals surface area contributed by atoms with E-state index in [-0.39, 0.29) is 0 Å². The average Bonchev–Trinajstić information content (AvgIpc) is 3.28. The molecule has 2 heterocycles. The van der Waals surface area contributed by atoms with Gasteiger partial charge in [-0.05, 0) is 62.8 Å². The fraction of sp³-hybridized carbons (Fsp3) is 0.385. The fourth-order valence-corrected chi connectivity index (χ4v) is 4.52. The summed E-state index contributed by atoms with van der Waals surface area (Å²) >= 11 is 0.